The van der Waals surface area contributed by atoms with Gasteiger partial charge in [-0.1, -0.05) is 67.4 Å². The second-order valence-corrected chi connectivity index (χ2v) is 12.5. The van der Waals surface area contributed by atoms with Crippen LogP contribution in [0.1, 0.15) is 42.4 Å². The summed E-state index contributed by atoms with van der Waals surface area (Å²) in [7, 11) is -4.27. The van der Waals surface area contributed by atoms with Crippen LogP contribution in [-0.2, 0) is 38.8 Å². The monoisotopic (exact) mass is 619 g/mol. The van der Waals surface area contributed by atoms with Gasteiger partial charge in [0, 0.05) is 24.6 Å². The van der Waals surface area contributed by atoms with E-state index in [0.717, 1.165) is 55.0 Å². The average Bonchev–Trinajstić information content (AvgIpc) is 3.47. The molecule has 0 saturated heterocycles. The summed E-state index contributed by atoms with van der Waals surface area (Å²) in [5.74, 6) is -1.99. The van der Waals surface area contributed by atoms with Crippen molar-refractivity contribution in [2.24, 2.45) is 0 Å². The number of alkyl halides is 3. The van der Waals surface area contributed by atoms with Crippen molar-refractivity contribution in [1.29, 1.82) is 0 Å². The fourth-order valence-corrected chi connectivity index (χ4v) is 6.02. The molecular weight excluding hydrogens is 586 g/mol. The number of nitrogens with one attached hydrogen (secondary N) is 1. The normalized spacial score (nSPS) is 14.7. The number of anilines is 1. The predicted molar refractivity (Wildman–Crippen MR) is 155 cm³/mol. The maximum absolute atomic E-state index is 14.9. The third-order valence-corrected chi connectivity index (χ3v) is 8.55. The number of rotatable bonds is 11. The van der Waals surface area contributed by atoms with E-state index in [4.69, 9.17) is 0 Å². The molecule has 230 valence electrons. The van der Waals surface area contributed by atoms with Gasteiger partial charge in [-0.2, -0.15) is 13.2 Å². The van der Waals surface area contributed by atoms with Crippen molar-refractivity contribution in [3.63, 3.8) is 0 Å². The van der Waals surface area contributed by atoms with Gasteiger partial charge in [-0.3, -0.25) is 13.9 Å². The Labute approximate surface area is 248 Å². The highest BCUT2D eigenvalue weighted by molar-refractivity contribution is 7.92. The zero-order valence-corrected chi connectivity index (χ0v) is 24.4. The maximum atomic E-state index is 14.9. The lowest BCUT2D eigenvalue weighted by Crippen LogP contribution is -2.54. The first-order chi connectivity index (χ1) is 20.3. The second-order valence-electron chi connectivity index (χ2n) is 10.6. The zero-order chi connectivity index (χ0) is 31.2. The Morgan fingerprint density at radius 1 is 0.953 bits per heavy atom. The molecular formula is C31H33F4N3O4S. The van der Waals surface area contributed by atoms with E-state index < -0.39 is 52.0 Å². The molecule has 0 bridgehead atoms. The van der Waals surface area contributed by atoms with E-state index in [9.17, 15) is 35.6 Å². The first-order valence-corrected chi connectivity index (χ1v) is 15.7. The van der Waals surface area contributed by atoms with Crippen molar-refractivity contribution in [1.82, 2.24) is 10.2 Å². The number of hydrogen-bond acceptors (Lipinski definition) is 4. The Hall–Kier alpha value is -3.93. The second kappa shape index (κ2) is 13.6. The molecule has 0 aromatic heterocycles. The zero-order valence-electron chi connectivity index (χ0n) is 23.6. The van der Waals surface area contributed by atoms with E-state index in [0.29, 0.717) is 15.9 Å². The van der Waals surface area contributed by atoms with E-state index in [-0.39, 0.29) is 30.3 Å². The molecule has 1 fully saturated rings. The molecule has 1 aliphatic carbocycles. The molecule has 43 heavy (non-hydrogen) atoms. The van der Waals surface area contributed by atoms with Crippen LogP contribution in [0.5, 0.6) is 0 Å². The van der Waals surface area contributed by atoms with Gasteiger partial charge in [0.15, 0.2) is 0 Å². The Morgan fingerprint density at radius 2 is 1.60 bits per heavy atom. The molecule has 7 nitrogen and oxygen atoms in total. The number of nitrogens with zero attached hydrogens (tertiary/aromatic N) is 2. The van der Waals surface area contributed by atoms with E-state index >= 15 is 0 Å². The van der Waals surface area contributed by atoms with Gasteiger partial charge in [0.2, 0.25) is 21.8 Å². The predicted octanol–water partition coefficient (Wildman–Crippen LogP) is 5.31. The number of carbonyl (C=O) groups is 2. The average molecular weight is 620 g/mol. The topological polar surface area (TPSA) is 86.8 Å². The van der Waals surface area contributed by atoms with Gasteiger partial charge < -0.3 is 10.2 Å². The van der Waals surface area contributed by atoms with Gasteiger partial charge in [-0.05, 0) is 42.7 Å². The standard InChI is InChI=1S/C31H33F4N3O4S/c1-43(41,42)38(26-16-9-13-24(19-26)31(33,34)35)21-29(39)37(20-23-12-5-8-17-27(23)32)28(18-22-10-3-2-4-11-22)30(40)36-25-14-6-7-15-25/h2-5,8-13,16-17,19,25,28H,6-7,14-15,18,20-21H2,1H3,(H,36,40). The van der Waals surface area contributed by atoms with Gasteiger partial charge in [0.1, 0.15) is 18.4 Å². The number of halogens is 4. The van der Waals surface area contributed by atoms with Crippen LogP contribution < -0.4 is 9.62 Å². The molecule has 0 heterocycles. The van der Waals surface area contributed by atoms with Crippen molar-refractivity contribution in [3.8, 4) is 0 Å². The molecule has 0 aliphatic heterocycles. The van der Waals surface area contributed by atoms with E-state index in [2.05, 4.69) is 5.32 Å². The summed E-state index contributed by atoms with van der Waals surface area (Å²) in [5, 5.41) is 2.99. The lowest BCUT2D eigenvalue weighted by atomic mass is 10.0. The molecule has 2 amide bonds. The minimum Gasteiger partial charge on any atom is -0.352 e. The Bertz CT molecular complexity index is 1530. The summed E-state index contributed by atoms with van der Waals surface area (Å²) in [6, 6.07) is 16.9. The minimum atomic E-state index is -4.75. The third kappa shape index (κ3) is 8.56. The Morgan fingerprint density at radius 3 is 2.23 bits per heavy atom. The molecule has 1 N–H and O–H groups in total. The van der Waals surface area contributed by atoms with Gasteiger partial charge in [0.25, 0.3) is 0 Å². The van der Waals surface area contributed by atoms with Crippen molar-refractivity contribution in [2.45, 2.75) is 56.9 Å². The summed E-state index contributed by atoms with van der Waals surface area (Å²) in [6.07, 6.45) is -0.527. The van der Waals surface area contributed by atoms with Gasteiger partial charge >= 0.3 is 6.18 Å². The highest BCUT2D eigenvalue weighted by Gasteiger charge is 2.36. The number of benzene rings is 3. The number of hydrogen-bond donors (Lipinski definition) is 1. The molecule has 1 aliphatic rings. The largest absolute Gasteiger partial charge is 0.416 e. The molecule has 3 aromatic carbocycles. The maximum Gasteiger partial charge on any atom is 0.416 e. The van der Waals surface area contributed by atoms with Crippen LogP contribution in [0, 0.1) is 5.82 Å². The fourth-order valence-electron chi connectivity index (χ4n) is 5.18. The van der Waals surface area contributed by atoms with Crippen molar-refractivity contribution in [3.05, 3.63) is 101 Å². The van der Waals surface area contributed by atoms with Gasteiger partial charge in [-0.25, -0.2) is 12.8 Å². The summed E-state index contributed by atoms with van der Waals surface area (Å²) >= 11 is 0. The molecule has 0 spiro atoms. The molecule has 1 saturated carbocycles. The SMILES string of the molecule is CS(=O)(=O)N(CC(=O)N(Cc1ccccc1F)C(Cc1ccccc1)C(=O)NC1CCCC1)c1cccc(C(F)(F)F)c1. The smallest absolute Gasteiger partial charge is 0.352 e. The lowest BCUT2D eigenvalue weighted by Gasteiger charge is -2.34. The molecule has 1 unspecified atom stereocenters. The number of carbonyl (C=O) groups excluding carboxylic acids is 2. The van der Waals surface area contributed by atoms with E-state index in [1.165, 1.54) is 18.2 Å². The Kier molecular flexibility index (Phi) is 10.1. The van der Waals surface area contributed by atoms with Gasteiger partial charge in [0.05, 0.1) is 17.5 Å². The van der Waals surface area contributed by atoms with Crippen LogP contribution in [0.3, 0.4) is 0 Å². The van der Waals surface area contributed by atoms with Crippen molar-refractivity contribution >= 4 is 27.5 Å². The van der Waals surface area contributed by atoms with E-state index in [1.54, 1.807) is 36.4 Å². The summed E-state index contributed by atoms with van der Waals surface area (Å²) in [5.41, 5.74) is -0.662. The number of sulfonamides is 1. The van der Waals surface area contributed by atoms with Crippen LogP contribution in [0.25, 0.3) is 0 Å². The molecule has 0 radical (unpaired) electrons. The third-order valence-electron chi connectivity index (χ3n) is 7.41. The molecule has 1 atom stereocenters. The fraction of sp³-hybridized carbons (Fsp3) is 0.355. The molecule has 3 aromatic rings. The van der Waals surface area contributed by atoms with Crippen LogP contribution in [0.15, 0.2) is 78.9 Å². The van der Waals surface area contributed by atoms with Crippen LogP contribution in [0.4, 0.5) is 23.2 Å². The van der Waals surface area contributed by atoms with Crippen LogP contribution in [-0.4, -0.2) is 50.0 Å². The first-order valence-electron chi connectivity index (χ1n) is 13.8. The highest BCUT2D eigenvalue weighted by Crippen LogP contribution is 2.32. The van der Waals surface area contributed by atoms with Crippen LogP contribution in [0.2, 0.25) is 0 Å². The van der Waals surface area contributed by atoms with E-state index in [1.807, 2.05) is 0 Å². The quantitative estimate of drug-likeness (QED) is 0.295. The summed E-state index contributed by atoms with van der Waals surface area (Å²) < 4.78 is 81.4. The van der Waals surface area contributed by atoms with Crippen molar-refractivity contribution in [2.75, 3.05) is 17.1 Å². The highest BCUT2D eigenvalue weighted by atomic mass is 32.2. The lowest BCUT2D eigenvalue weighted by molar-refractivity contribution is -0.140. The summed E-state index contributed by atoms with van der Waals surface area (Å²) in [4.78, 5) is 28.9. The Balaban J connectivity index is 1.75. The number of amides is 2. The summed E-state index contributed by atoms with van der Waals surface area (Å²) in [6.45, 7) is -1.28. The van der Waals surface area contributed by atoms with Crippen LogP contribution >= 0.6 is 0 Å². The molecule has 4 rings (SSSR count). The van der Waals surface area contributed by atoms with Gasteiger partial charge in [-0.15, -0.1) is 0 Å². The van der Waals surface area contributed by atoms with Crippen molar-refractivity contribution < 1.29 is 35.6 Å². The minimum absolute atomic E-state index is 0.0437. The first kappa shape index (κ1) is 32.0. The molecule has 12 heteroatoms.